The second-order valence-electron chi connectivity index (χ2n) is 6.70. The van der Waals surface area contributed by atoms with E-state index < -0.39 is 33.4 Å². The summed E-state index contributed by atoms with van der Waals surface area (Å²) in [5, 5.41) is 2.68. The number of halogens is 3. The average Bonchev–Trinajstić information content (AvgIpc) is 2.67. The van der Waals surface area contributed by atoms with Crippen molar-refractivity contribution in [2.45, 2.75) is 24.7 Å². The lowest BCUT2D eigenvalue weighted by Gasteiger charge is -2.30. The Kier molecular flexibility index (Phi) is 5.76. The van der Waals surface area contributed by atoms with Gasteiger partial charge in [0.25, 0.3) is 0 Å². The molecular weight excluding hydrogens is 393 g/mol. The maximum atomic E-state index is 13.4. The van der Waals surface area contributed by atoms with Crippen LogP contribution in [0.25, 0.3) is 0 Å². The molecule has 0 atom stereocenters. The number of amides is 1. The summed E-state index contributed by atoms with van der Waals surface area (Å²) in [5.74, 6) is -3.56. The van der Waals surface area contributed by atoms with E-state index in [4.69, 9.17) is 0 Å². The SMILES string of the molecule is Cc1ccc(F)cc1NC(=O)C1CCN(S(=O)(=O)c2ccc(F)c(F)c2)CC1. The quantitative estimate of drug-likeness (QED) is 0.837. The van der Waals surface area contributed by atoms with Crippen molar-refractivity contribution in [3.8, 4) is 0 Å². The highest BCUT2D eigenvalue weighted by atomic mass is 32.2. The highest BCUT2D eigenvalue weighted by molar-refractivity contribution is 7.89. The number of hydrogen-bond acceptors (Lipinski definition) is 3. The molecule has 1 amide bonds. The summed E-state index contributed by atoms with van der Waals surface area (Å²) >= 11 is 0. The number of carbonyl (C=O) groups excluding carboxylic acids is 1. The Bertz CT molecular complexity index is 1000. The number of hydrogen-bond donors (Lipinski definition) is 1. The molecule has 1 aliphatic rings. The van der Waals surface area contributed by atoms with E-state index in [2.05, 4.69) is 5.32 Å². The Morgan fingerprint density at radius 3 is 2.36 bits per heavy atom. The predicted molar refractivity (Wildman–Crippen MR) is 97.6 cm³/mol. The first-order valence-electron chi connectivity index (χ1n) is 8.70. The second kappa shape index (κ2) is 7.92. The molecule has 5 nitrogen and oxygen atoms in total. The van der Waals surface area contributed by atoms with E-state index in [1.165, 1.54) is 12.1 Å². The van der Waals surface area contributed by atoms with Gasteiger partial charge < -0.3 is 5.32 Å². The Labute approximate surface area is 161 Å². The molecule has 28 heavy (non-hydrogen) atoms. The maximum absolute atomic E-state index is 13.4. The normalized spacial score (nSPS) is 16.1. The van der Waals surface area contributed by atoms with Crippen LogP contribution in [0.2, 0.25) is 0 Å². The molecule has 3 rings (SSSR count). The van der Waals surface area contributed by atoms with Gasteiger partial charge in [-0.3, -0.25) is 4.79 Å². The Morgan fingerprint density at radius 1 is 1.04 bits per heavy atom. The highest BCUT2D eigenvalue weighted by Gasteiger charge is 2.32. The molecule has 150 valence electrons. The molecule has 2 aromatic rings. The number of rotatable bonds is 4. The van der Waals surface area contributed by atoms with Crippen LogP contribution in [0.15, 0.2) is 41.3 Å². The molecule has 0 unspecified atom stereocenters. The van der Waals surface area contributed by atoms with Gasteiger partial charge in [0, 0.05) is 24.7 Å². The van der Waals surface area contributed by atoms with E-state index in [-0.39, 0.29) is 36.7 Å². The number of piperidine rings is 1. The Morgan fingerprint density at radius 2 is 1.71 bits per heavy atom. The van der Waals surface area contributed by atoms with Crippen molar-refractivity contribution < 1.29 is 26.4 Å². The van der Waals surface area contributed by atoms with Crippen LogP contribution in [0, 0.1) is 30.3 Å². The number of nitrogens with one attached hydrogen (secondary N) is 1. The molecule has 1 heterocycles. The van der Waals surface area contributed by atoms with Crippen molar-refractivity contribution in [1.29, 1.82) is 0 Å². The lowest BCUT2D eigenvalue weighted by Crippen LogP contribution is -2.41. The minimum Gasteiger partial charge on any atom is -0.326 e. The first-order chi connectivity index (χ1) is 13.2. The van der Waals surface area contributed by atoms with Gasteiger partial charge in [-0.2, -0.15) is 4.31 Å². The van der Waals surface area contributed by atoms with Gasteiger partial charge in [0.1, 0.15) is 5.82 Å². The summed E-state index contributed by atoms with van der Waals surface area (Å²) < 4.78 is 66.1. The van der Waals surface area contributed by atoms with E-state index >= 15 is 0 Å². The molecule has 0 aromatic heterocycles. The first-order valence-corrected chi connectivity index (χ1v) is 10.1. The summed E-state index contributed by atoms with van der Waals surface area (Å²) in [5.41, 5.74) is 1.09. The fourth-order valence-corrected chi connectivity index (χ4v) is 4.59. The van der Waals surface area contributed by atoms with E-state index in [0.717, 1.165) is 16.4 Å². The summed E-state index contributed by atoms with van der Waals surface area (Å²) in [6.45, 7) is 1.88. The number of aryl methyl sites for hydroxylation is 1. The fraction of sp³-hybridized carbons (Fsp3) is 0.316. The summed E-state index contributed by atoms with van der Waals surface area (Å²) in [6.07, 6.45) is 0.534. The van der Waals surface area contributed by atoms with Crippen LogP contribution in [0.5, 0.6) is 0 Å². The van der Waals surface area contributed by atoms with Gasteiger partial charge in [0.2, 0.25) is 15.9 Å². The van der Waals surface area contributed by atoms with Crippen molar-refractivity contribution in [3.05, 3.63) is 59.4 Å². The molecule has 1 N–H and O–H groups in total. The lowest BCUT2D eigenvalue weighted by atomic mass is 9.97. The minimum atomic E-state index is -3.98. The molecule has 0 spiro atoms. The molecular formula is C19H19F3N2O3S. The molecule has 0 radical (unpaired) electrons. The van der Waals surface area contributed by atoms with Gasteiger partial charge in [-0.1, -0.05) is 6.07 Å². The Hall–Kier alpha value is -2.39. The number of sulfonamides is 1. The van der Waals surface area contributed by atoms with Crippen molar-refractivity contribution in [2.24, 2.45) is 5.92 Å². The smallest absolute Gasteiger partial charge is 0.243 e. The molecule has 1 aliphatic heterocycles. The molecule has 2 aromatic carbocycles. The zero-order valence-corrected chi connectivity index (χ0v) is 15.9. The minimum absolute atomic E-state index is 0.0710. The van der Waals surface area contributed by atoms with Crippen LogP contribution in [0.4, 0.5) is 18.9 Å². The lowest BCUT2D eigenvalue weighted by molar-refractivity contribution is -0.120. The van der Waals surface area contributed by atoms with E-state index in [9.17, 15) is 26.4 Å². The standard InChI is InChI=1S/C19H19F3N2O3S/c1-12-2-3-14(20)10-18(12)23-19(25)13-6-8-24(9-7-13)28(26,27)15-4-5-16(21)17(22)11-15/h2-5,10-11,13H,6-9H2,1H3,(H,23,25). The topological polar surface area (TPSA) is 66.5 Å². The molecule has 0 aliphatic carbocycles. The number of carbonyl (C=O) groups is 1. The van der Waals surface area contributed by atoms with Crippen LogP contribution in [-0.4, -0.2) is 31.7 Å². The zero-order valence-electron chi connectivity index (χ0n) is 15.1. The van der Waals surface area contributed by atoms with Gasteiger partial charge in [-0.15, -0.1) is 0 Å². The van der Waals surface area contributed by atoms with Crippen LogP contribution >= 0.6 is 0 Å². The Balaban J connectivity index is 1.65. The van der Waals surface area contributed by atoms with Gasteiger partial charge in [0.05, 0.1) is 4.90 Å². The highest BCUT2D eigenvalue weighted by Crippen LogP contribution is 2.26. The predicted octanol–water partition coefficient (Wildman–Crippen LogP) is 3.45. The monoisotopic (exact) mass is 412 g/mol. The van der Waals surface area contributed by atoms with E-state index in [1.54, 1.807) is 13.0 Å². The third kappa shape index (κ3) is 4.20. The van der Waals surface area contributed by atoms with E-state index in [0.29, 0.717) is 17.3 Å². The van der Waals surface area contributed by atoms with Crippen LogP contribution < -0.4 is 5.32 Å². The maximum Gasteiger partial charge on any atom is 0.243 e. The molecule has 0 bridgehead atoms. The van der Waals surface area contributed by atoms with E-state index in [1.807, 2.05) is 0 Å². The van der Waals surface area contributed by atoms with Crippen molar-refractivity contribution in [1.82, 2.24) is 4.31 Å². The van der Waals surface area contributed by atoms with Crippen molar-refractivity contribution in [2.75, 3.05) is 18.4 Å². The largest absolute Gasteiger partial charge is 0.326 e. The fourth-order valence-electron chi connectivity index (χ4n) is 3.11. The van der Waals surface area contributed by atoms with Crippen LogP contribution in [-0.2, 0) is 14.8 Å². The summed E-state index contributed by atoms with van der Waals surface area (Å²) in [7, 11) is -3.98. The summed E-state index contributed by atoms with van der Waals surface area (Å²) in [4.78, 5) is 12.1. The third-order valence-electron chi connectivity index (χ3n) is 4.81. The molecule has 9 heteroatoms. The first kappa shape index (κ1) is 20.3. The number of benzene rings is 2. The number of anilines is 1. The summed E-state index contributed by atoms with van der Waals surface area (Å²) in [6, 6.07) is 6.52. The van der Waals surface area contributed by atoms with Crippen molar-refractivity contribution in [3.63, 3.8) is 0 Å². The number of nitrogens with zero attached hydrogens (tertiary/aromatic N) is 1. The third-order valence-corrected chi connectivity index (χ3v) is 6.71. The van der Waals surface area contributed by atoms with Crippen LogP contribution in [0.3, 0.4) is 0 Å². The molecule has 1 saturated heterocycles. The van der Waals surface area contributed by atoms with Gasteiger partial charge in [-0.05, 0) is 55.7 Å². The second-order valence-corrected chi connectivity index (χ2v) is 8.64. The van der Waals surface area contributed by atoms with Crippen LogP contribution in [0.1, 0.15) is 18.4 Å². The molecule has 0 saturated carbocycles. The average molecular weight is 412 g/mol. The van der Waals surface area contributed by atoms with Gasteiger partial charge in [0.15, 0.2) is 11.6 Å². The van der Waals surface area contributed by atoms with Crippen molar-refractivity contribution >= 4 is 21.6 Å². The van der Waals surface area contributed by atoms with Gasteiger partial charge >= 0.3 is 0 Å². The molecule has 1 fully saturated rings. The van der Waals surface area contributed by atoms with Gasteiger partial charge in [-0.25, -0.2) is 21.6 Å². The zero-order chi connectivity index (χ0) is 20.5.